The third-order valence-corrected chi connectivity index (χ3v) is 4.81. The van der Waals surface area contributed by atoms with Gasteiger partial charge in [-0.25, -0.2) is 9.97 Å². The van der Waals surface area contributed by atoms with E-state index in [9.17, 15) is 0 Å². The number of rotatable bonds is 7. The van der Waals surface area contributed by atoms with Crippen LogP contribution in [-0.4, -0.2) is 21.6 Å². The summed E-state index contributed by atoms with van der Waals surface area (Å²) in [5.41, 5.74) is 4.21. The summed E-state index contributed by atoms with van der Waals surface area (Å²) in [7, 11) is 0. The maximum absolute atomic E-state index is 5.94. The fourth-order valence-electron chi connectivity index (χ4n) is 3.38. The summed E-state index contributed by atoms with van der Waals surface area (Å²) in [6, 6.07) is 12.1. The standard InChI is InChI=1S/C22H25N5O/c1-3-11-28-20-9-5-4-8-17(20)15(2)25-22-18-13-24-14-19(18)26-21(27-22)16-7-6-10-23-12-16/h4-10,12,15,24H,3,11,13-14H2,1-2H3,(H,25,26,27)/t15-/m0/s1. The van der Waals surface area contributed by atoms with Gasteiger partial charge in [-0.1, -0.05) is 25.1 Å². The van der Waals surface area contributed by atoms with E-state index in [1.165, 1.54) is 0 Å². The second-order valence-electron chi connectivity index (χ2n) is 6.92. The van der Waals surface area contributed by atoms with Crippen molar-refractivity contribution in [1.82, 2.24) is 20.3 Å². The van der Waals surface area contributed by atoms with Crippen molar-refractivity contribution >= 4 is 5.82 Å². The molecule has 0 bridgehead atoms. The molecule has 3 heterocycles. The molecule has 0 radical (unpaired) electrons. The van der Waals surface area contributed by atoms with Crippen LogP contribution in [0.1, 0.15) is 43.1 Å². The Morgan fingerprint density at radius 3 is 2.86 bits per heavy atom. The van der Waals surface area contributed by atoms with Gasteiger partial charge in [0.25, 0.3) is 0 Å². The van der Waals surface area contributed by atoms with Crippen molar-refractivity contribution in [2.45, 2.75) is 39.4 Å². The molecule has 6 nitrogen and oxygen atoms in total. The summed E-state index contributed by atoms with van der Waals surface area (Å²) >= 11 is 0. The lowest BCUT2D eigenvalue weighted by molar-refractivity contribution is 0.313. The lowest BCUT2D eigenvalue weighted by Crippen LogP contribution is -2.13. The third-order valence-electron chi connectivity index (χ3n) is 4.81. The monoisotopic (exact) mass is 375 g/mol. The van der Waals surface area contributed by atoms with Gasteiger partial charge < -0.3 is 15.4 Å². The number of pyridine rings is 1. The van der Waals surface area contributed by atoms with E-state index < -0.39 is 0 Å². The van der Waals surface area contributed by atoms with Crippen LogP contribution >= 0.6 is 0 Å². The zero-order valence-corrected chi connectivity index (χ0v) is 16.3. The van der Waals surface area contributed by atoms with Gasteiger partial charge in [-0.2, -0.15) is 0 Å². The number of hydrogen-bond donors (Lipinski definition) is 2. The molecule has 2 N–H and O–H groups in total. The lowest BCUT2D eigenvalue weighted by Gasteiger charge is -2.20. The van der Waals surface area contributed by atoms with Crippen LogP contribution in [0.2, 0.25) is 0 Å². The van der Waals surface area contributed by atoms with Gasteiger partial charge in [0.1, 0.15) is 11.6 Å². The second kappa shape index (κ2) is 8.35. The molecule has 144 valence electrons. The lowest BCUT2D eigenvalue weighted by atomic mass is 10.1. The van der Waals surface area contributed by atoms with E-state index in [1.54, 1.807) is 12.4 Å². The van der Waals surface area contributed by atoms with E-state index in [-0.39, 0.29) is 6.04 Å². The Balaban J connectivity index is 1.66. The molecule has 3 aromatic rings. The normalized spacial score (nSPS) is 13.8. The maximum Gasteiger partial charge on any atom is 0.163 e. The molecular formula is C22H25N5O. The number of aromatic nitrogens is 3. The van der Waals surface area contributed by atoms with Crippen LogP contribution in [0.5, 0.6) is 5.75 Å². The SMILES string of the molecule is CCCOc1ccccc1[C@H](C)Nc1nc(-c2cccnc2)nc2c1CNC2. The first-order valence-corrected chi connectivity index (χ1v) is 9.75. The number of anilines is 1. The molecule has 0 unspecified atom stereocenters. The van der Waals surface area contributed by atoms with E-state index in [4.69, 9.17) is 14.7 Å². The summed E-state index contributed by atoms with van der Waals surface area (Å²) < 4.78 is 5.94. The number of nitrogens with one attached hydrogen (secondary N) is 2. The molecule has 1 aromatic carbocycles. The van der Waals surface area contributed by atoms with Gasteiger partial charge in [0.2, 0.25) is 0 Å². The van der Waals surface area contributed by atoms with Crippen LogP contribution in [-0.2, 0) is 13.1 Å². The van der Waals surface area contributed by atoms with Gasteiger partial charge in [-0.05, 0) is 31.5 Å². The third kappa shape index (κ3) is 3.82. The highest BCUT2D eigenvalue weighted by atomic mass is 16.5. The fraction of sp³-hybridized carbons (Fsp3) is 0.318. The molecular weight excluding hydrogens is 350 g/mol. The number of hydrogen-bond acceptors (Lipinski definition) is 6. The highest BCUT2D eigenvalue weighted by Gasteiger charge is 2.22. The summed E-state index contributed by atoms with van der Waals surface area (Å²) in [5.74, 6) is 2.48. The first-order valence-electron chi connectivity index (χ1n) is 9.75. The Hall–Kier alpha value is -2.99. The van der Waals surface area contributed by atoms with Crippen molar-refractivity contribution in [2.24, 2.45) is 0 Å². The number of benzene rings is 1. The number of nitrogens with zero attached hydrogens (tertiary/aromatic N) is 3. The molecule has 0 amide bonds. The Bertz CT molecular complexity index is 945. The molecule has 2 aromatic heterocycles. The molecule has 0 aliphatic carbocycles. The van der Waals surface area contributed by atoms with Crippen molar-refractivity contribution in [1.29, 1.82) is 0 Å². The van der Waals surface area contributed by atoms with E-state index in [0.717, 1.165) is 53.5 Å². The molecule has 0 fully saturated rings. The Morgan fingerprint density at radius 1 is 1.14 bits per heavy atom. The maximum atomic E-state index is 5.94. The zero-order valence-electron chi connectivity index (χ0n) is 16.3. The minimum absolute atomic E-state index is 0.0504. The van der Waals surface area contributed by atoms with Gasteiger partial charge in [0.15, 0.2) is 5.82 Å². The van der Waals surface area contributed by atoms with Gasteiger partial charge in [-0.15, -0.1) is 0 Å². The molecule has 1 aliphatic heterocycles. The fourth-order valence-corrected chi connectivity index (χ4v) is 3.38. The van der Waals surface area contributed by atoms with Crippen molar-refractivity contribution in [3.05, 3.63) is 65.6 Å². The molecule has 0 spiro atoms. The van der Waals surface area contributed by atoms with E-state index >= 15 is 0 Å². The van der Waals surface area contributed by atoms with Gasteiger partial charge in [0, 0.05) is 42.2 Å². The summed E-state index contributed by atoms with van der Waals surface area (Å²) in [5, 5.41) is 6.97. The predicted molar refractivity (Wildman–Crippen MR) is 110 cm³/mol. The van der Waals surface area contributed by atoms with Crippen LogP contribution in [0.4, 0.5) is 5.82 Å². The van der Waals surface area contributed by atoms with Crippen LogP contribution < -0.4 is 15.4 Å². The van der Waals surface area contributed by atoms with Crippen LogP contribution in [0.15, 0.2) is 48.8 Å². The van der Waals surface area contributed by atoms with Crippen LogP contribution in [0.3, 0.4) is 0 Å². The topological polar surface area (TPSA) is 72.0 Å². The average molecular weight is 375 g/mol. The molecule has 6 heteroatoms. The highest BCUT2D eigenvalue weighted by molar-refractivity contribution is 5.60. The number of fused-ring (bicyclic) bond motifs is 1. The van der Waals surface area contributed by atoms with E-state index in [1.807, 2.05) is 30.3 Å². The summed E-state index contributed by atoms with van der Waals surface area (Å²) in [6.07, 6.45) is 4.54. The van der Waals surface area contributed by atoms with Crippen LogP contribution in [0.25, 0.3) is 11.4 Å². The Kier molecular flexibility index (Phi) is 5.48. The molecule has 4 rings (SSSR count). The molecule has 1 atom stereocenters. The second-order valence-corrected chi connectivity index (χ2v) is 6.92. The largest absolute Gasteiger partial charge is 0.493 e. The Morgan fingerprint density at radius 2 is 2.04 bits per heavy atom. The smallest absolute Gasteiger partial charge is 0.163 e. The van der Waals surface area contributed by atoms with Gasteiger partial charge in [0.05, 0.1) is 18.3 Å². The predicted octanol–water partition coefficient (Wildman–Crippen LogP) is 4.10. The molecule has 1 aliphatic rings. The minimum Gasteiger partial charge on any atom is -0.493 e. The van der Waals surface area contributed by atoms with Crippen LogP contribution in [0, 0.1) is 0 Å². The van der Waals surface area contributed by atoms with Gasteiger partial charge >= 0.3 is 0 Å². The first kappa shape index (κ1) is 18.4. The Labute approximate surface area is 165 Å². The number of para-hydroxylation sites is 1. The van der Waals surface area contributed by atoms with E-state index in [2.05, 4.69) is 35.5 Å². The average Bonchev–Trinajstić information content (AvgIpc) is 3.22. The number of ether oxygens (including phenoxy) is 1. The van der Waals surface area contributed by atoms with Gasteiger partial charge in [-0.3, -0.25) is 4.98 Å². The summed E-state index contributed by atoms with van der Waals surface area (Å²) in [4.78, 5) is 13.8. The summed E-state index contributed by atoms with van der Waals surface area (Å²) in [6.45, 7) is 6.48. The molecule has 0 saturated heterocycles. The minimum atomic E-state index is 0.0504. The van der Waals surface area contributed by atoms with E-state index in [0.29, 0.717) is 12.4 Å². The quantitative estimate of drug-likeness (QED) is 0.648. The molecule has 28 heavy (non-hydrogen) atoms. The van der Waals surface area contributed by atoms with Crippen molar-refractivity contribution < 1.29 is 4.74 Å². The first-order chi connectivity index (χ1) is 13.8. The highest BCUT2D eigenvalue weighted by Crippen LogP contribution is 2.31. The van der Waals surface area contributed by atoms with Crippen molar-refractivity contribution in [2.75, 3.05) is 11.9 Å². The zero-order chi connectivity index (χ0) is 19.3. The van der Waals surface area contributed by atoms with Crippen molar-refractivity contribution in [3.63, 3.8) is 0 Å². The molecule has 0 saturated carbocycles. The van der Waals surface area contributed by atoms with Crippen molar-refractivity contribution in [3.8, 4) is 17.1 Å².